The summed E-state index contributed by atoms with van der Waals surface area (Å²) in [6.07, 6.45) is 1.54. The van der Waals surface area contributed by atoms with Crippen LogP contribution in [0.25, 0.3) is 0 Å². The van der Waals surface area contributed by atoms with Crippen LogP contribution in [0.1, 0.15) is 37.0 Å². The third-order valence-corrected chi connectivity index (χ3v) is 5.40. The summed E-state index contributed by atoms with van der Waals surface area (Å²) in [4.78, 5) is 29.2. The highest BCUT2D eigenvalue weighted by molar-refractivity contribution is 6.04. The number of nitrogens with zero attached hydrogens (tertiary/aromatic N) is 2. The summed E-state index contributed by atoms with van der Waals surface area (Å²) in [5.74, 6) is 1.41. The third kappa shape index (κ3) is 4.75. The van der Waals surface area contributed by atoms with Gasteiger partial charge in [0.05, 0.1) is 13.7 Å². The van der Waals surface area contributed by atoms with Crippen LogP contribution < -0.4 is 14.4 Å². The number of methoxy groups -OCH3 is 1. The molecule has 0 aromatic heterocycles. The van der Waals surface area contributed by atoms with Gasteiger partial charge < -0.3 is 19.3 Å². The van der Waals surface area contributed by atoms with E-state index in [1.165, 1.54) is 4.90 Å². The first kappa shape index (κ1) is 21.7. The van der Waals surface area contributed by atoms with Crippen molar-refractivity contribution in [1.82, 2.24) is 4.90 Å². The topological polar surface area (TPSA) is 59.1 Å². The fourth-order valence-electron chi connectivity index (χ4n) is 3.56. The average molecular weight is 411 g/mol. The van der Waals surface area contributed by atoms with E-state index in [9.17, 15) is 9.59 Å². The van der Waals surface area contributed by atoms with E-state index in [1.807, 2.05) is 30.3 Å². The van der Waals surface area contributed by atoms with Gasteiger partial charge in [-0.15, -0.1) is 0 Å². The monoisotopic (exact) mass is 410 g/mol. The Morgan fingerprint density at radius 3 is 2.57 bits per heavy atom. The van der Waals surface area contributed by atoms with Crippen molar-refractivity contribution in [2.24, 2.45) is 5.92 Å². The number of para-hydroxylation sites is 1. The smallest absolute Gasteiger partial charge is 0.254 e. The molecule has 2 amide bonds. The molecule has 160 valence electrons. The lowest BCUT2D eigenvalue weighted by atomic mass is 10.1. The van der Waals surface area contributed by atoms with Crippen LogP contribution >= 0.6 is 0 Å². The lowest BCUT2D eigenvalue weighted by molar-refractivity contribution is -0.120. The Labute approximate surface area is 178 Å². The largest absolute Gasteiger partial charge is 0.493 e. The molecular formula is C24H30N2O4. The molecular weight excluding hydrogens is 380 g/mol. The van der Waals surface area contributed by atoms with Crippen LogP contribution in [0.2, 0.25) is 0 Å². The van der Waals surface area contributed by atoms with Crippen LogP contribution in [-0.2, 0) is 4.79 Å². The van der Waals surface area contributed by atoms with Crippen LogP contribution in [0.15, 0.2) is 48.5 Å². The lowest BCUT2D eigenvalue weighted by Gasteiger charge is -2.24. The second kappa shape index (κ2) is 9.65. The first-order valence-corrected chi connectivity index (χ1v) is 10.4. The second-order valence-corrected chi connectivity index (χ2v) is 7.94. The molecule has 1 aliphatic heterocycles. The fourth-order valence-corrected chi connectivity index (χ4v) is 3.56. The third-order valence-electron chi connectivity index (χ3n) is 5.40. The maximum absolute atomic E-state index is 13.1. The van der Waals surface area contributed by atoms with E-state index >= 15 is 0 Å². The summed E-state index contributed by atoms with van der Waals surface area (Å²) in [5.41, 5.74) is 1.33. The first-order valence-electron chi connectivity index (χ1n) is 10.4. The SMILES string of the molecule is COc1cc(C(=O)N(C)C2CCN(c3ccccc3)C2=O)ccc1OCCC(C)C. The number of hydrogen-bond acceptors (Lipinski definition) is 4. The normalized spacial score (nSPS) is 16.1. The van der Waals surface area contributed by atoms with Crippen molar-refractivity contribution < 1.29 is 19.1 Å². The van der Waals surface area contributed by atoms with E-state index in [2.05, 4.69) is 13.8 Å². The Morgan fingerprint density at radius 2 is 1.90 bits per heavy atom. The number of benzene rings is 2. The number of hydrogen-bond donors (Lipinski definition) is 0. The molecule has 1 atom stereocenters. The van der Waals surface area contributed by atoms with Gasteiger partial charge in [-0.1, -0.05) is 32.0 Å². The van der Waals surface area contributed by atoms with Crippen molar-refractivity contribution in [2.45, 2.75) is 32.7 Å². The maximum Gasteiger partial charge on any atom is 0.254 e. The van der Waals surface area contributed by atoms with Gasteiger partial charge in [0.1, 0.15) is 6.04 Å². The van der Waals surface area contributed by atoms with Crippen LogP contribution in [0.3, 0.4) is 0 Å². The van der Waals surface area contributed by atoms with Crippen LogP contribution in [0, 0.1) is 5.92 Å². The molecule has 0 bridgehead atoms. The zero-order valence-corrected chi connectivity index (χ0v) is 18.1. The maximum atomic E-state index is 13.1. The molecule has 30 heavy (non-hydrogen) atoms. The van der Waals surface area contributed by atoms with Gasteiger partial charge >= 0.3 is 0 Å². The van der Waals surface area contributed by atoms with Crippen molar-refractivity contribution in [2.75, 3.05) is 32.2 Å². The Hall–Kier alpha value is -3.02. The number of carbonyl (C=O) groups is 2. The Kier molecular flexibility index (Phi) is 6.98. The molecule has 6 heteroatoms. The minimum absolute atomic E-state index is 0.0577. The van der Waals surface area contributed by atoms with E-state index in [0.717, 1.165) is 12.1 Å². The number of carbonyl (C=O) groups excluding carboxylic acids is 2. The molecule has 0 radical (unpaired) electrons. The molecule has 2 aromatic rings. The summed E-state index contributed by atoms with van der Waals surface area (Å²) < 4.78 is 11.2. The van der Waals surface area contributed by atoms with Crippen LogP contribution in [-0.4, -0.2) is 50.1 Å². The number of rotatable bonds is 8. The standard InChI is InChI=1S/C24H30N2O4/c1-17(2)13-15-30-21-11-10-18(16-22(21)29-4)23(27)25(3)20-12-14-26(24(20)28)19-8-6-5-7-9-19/h5-11,16-17,20H,12-15H2,1-4H3. The van der Waals surface area contributed by atoms with E-state index in [0.29, 0.717) is 42.6 Å². The van der Waals surface area contributed by atoms with E-state index in [4.69, 9.17) is 9.47 Å². The number of ether oxygens (including phenoxy) is 2. The summed E-state index contributed by atoms with van der Waals surface area (Å²) in [5, 5.41) is 0. The van der Waals surface area contributed by atoms with Crippen molar-refractivity contribution >= 4 is 17.5 Å². The minimum atomic E-state index is -0.481. The number of anilines is 1. The van der Waals surface area contributed by atoms with Gasteiger partial charge in [-0.05, 0) is 49.1 Å². The Morgan fingerprint density at radius 1 is 1.17 bits per heavy atom. The van der Waals surface area contributed by atoms with Crippen LogP contribution in [0.4, 0.5) is 5.69 Å². The molecule has 0 spiro atoms. The molecule has 2 aromatic carbocycles. The van der Waals surface area contributed by atoms with Gasteiger partial charge in [-0.3, -0.25) is 9.59 Å². The molecule has 0 aliphatic carbocycles. The molecule has 1 unspecified atom stereocenters. The van der Waals surface area contributed by atoms with Gasteiger partial charge in [0.15, 0.2) is 11.5 Å². The van der Waals surface area contributed by atoms with Gasteiger partial charge in [0, 0.05) is 24.8 Å². The number of likely N-dealkylation sites (N-methyl/N-ethyl adjacent to an activating group) is 1. The van der Waals surface area contributed by atoms with E-state index in [-0.39, 0.29) is 11.8 Å². The predicted molar refractivity (Wildman–Crippen MR) is 117 cm³/mol. The highest BCUT2D eigenvalue weighted by Crippen LogP contribution is 2.30. The molecule has 0 saturated carbocycles. The highest BCUT2D eigenvalue weighted by Gasteiger charge is 2.37. The zero-order valence-electron chi connectivity index (χ0n) is 18.1. The molecule has 3 rings (SSSR count). The van der Waals surface area contributed by atoms with Crippen molar-refractivity contribution in [3.63, 3.8) is 0 Å². The zero-order chi connectivity index (χ0) is 21.7. The second-order valence-electron chi connectivity index (χ2n) is 7.94. The lowest BCUT2D eigenvalue weighted by Crippen LogP contribution is -2.43. The minimum Gasteiger partial charge on any atom is -0.493 e. The average Bonchev–Trinajstić information content (AvgIpc) is 3.14. The molecule has 1 aliphatic rings. The van der Waals surface area contributed by atoms with Crippen molar-refractivity contribution in [3.05, 3.63) is 54.1 Å². The molecule has 6 nitrogen and oxygen atoms in total. The number of amides is 2. The van der Waals surface area contributed by atoms with Gasteiger partial charge in [-0.2, -0.15) is 0 Å². The van der Waals surface area contributed by atoms with Crippen LogP contribution in [0.5, 0.6) is 11.5 Å². The summed E-state index contributed by atoms with van der Waals surface area (Å²) in [6.45, 7) is 5.47. The van der Waals surface area contributed by atoms with Gasteiger partial charge in [0.2, 0.25) is 5.91 Å². The van der Waals surface area contributed by atoms with Crippen molar-refractivity contribution in [1.29, 1.82) is 0 Å². The summed E-state index contributed by atoms with van der Waals surface area (Å²) >= 11 is 0. The molecule has 1 heterocycles. The molecule has 0 N–H and O–H groups in total. The predicted octanol–water partition coefficient (Wildman–Crippen LogP) is 4.00. The highest BCUT2D eigenvalue weighted by atomic mass is 16.5. The van der Waals surface area contributed by atoms with E-state index < -0.39 is 6.04 Å². The molecule has 1 saturated heterocycles. The Balaban J connectivity index is 1.70. The first-order chi connectivity index (χ1) is 14.4. The van der Waals surface area contributed by atoms with Crippen molar-refractivity contribution in [3.8, 4) is 11.5 Å². The van der Waals surface area contributed by atoms with E-state index in [1.54, 1.807) is 37.3 Å². The van der Waals surface area contributed by atoms with Gasteiger partial charge in [-0.25, -0.2) is 0 Å². The Bertz CT molecular complexity index is 882. The summed E-state index contributed by atoms with van der Waals surface area (Å²) in [6, 6.07) is 14.2. The fraction of sp³-hybridized carbons (Fsp3) is 0.417. The summed E-state index contributed by atoms with van der Waals surface area (Å²) in [7, 11) is 3.24. The molecule has 1 fully saturated rings. The van der Waals surface area contributed by atoms with Gasteiger partial charge in [0.25, 0.3) is 5.91 Å². The quantitative estimate of drug-likeness (QED) is 0.660.